The molecule has 0 atom stereocenters. The minimum Gasteiger partial charge on any atom is -0.496 e. The van der Waals surface area contributed by atoms with Crippen LogP contribution in [0.4, 0.5) is 0 Å². The predicted molar refractivity (Wildman–Crippen MR) is 77.2 cm³/mol. The van der Waals surface area contributed by atoms with Gasteiger partial charge in [-0.3, -0.25) is 4.99 Å². The highest BCUT2D eigenvalue weighted by atomic mass is 35.5. The molecule has 1 aromatic rings. The number of hydrogen-bond donors (Lipinski definition) is 1. The van der Waals surface area contributed by atoms with Crippen molar-refractivity contribution in [3.63, 3.8) is 0 Å². The van der Waals surface area contributed by atoms with E-state index < -0.39 is 5.97 Å². The molecule has 0 saturated carbocycles. The van der Waals surface area contributed by atoms with Crippen LogP contribution in [0.5, 0.6) is 5.75 Å². The van der Waals surface area contributed by atoms with Crippen molar-refractivity contribution in [1.29, 1.82) is 0 Å². The second kappa shape index (κ2) is 6.75. The number of ether oxygens (including phenoxy) is 1. The summed E-state index contributed by atoms with van der Waals surface area (Å²) >= 11 is 5.94. The summed E-state index contributed by atoms with van der Waals surface area (Å²) in [5.41, 5.74) is 0.984. The molecule has 0 spiro atoms. The van der Waals surface area contributed by atoms with E-state index >= 15 is 0 Å². The first-order chi connectivity index (χ1) is 9.04. The van der Waals surface area contributed by atoms with Crippen molar-refractivity contribution >= 4 is 29.4 Å². The molecule has 1 N–H and O–H groups in total. The Morgan fingerprint density at radius 2 is 2.21 bits per heavy atom. The molecule has 0 aliphatic rings. The highest BCUT2D eigenvalue weighted by Gasteiger charge is 2.15. The van der Waals surface area contributed by atoms with Crippen LogP contribution in [0.3, 0.4) is 0 Å². The summed E-state index contributed by atoms with van der Waals surface area (Å²) in [6.45, 7) is 3.65. The van der Waals surface area contributed by atoms with Gasteiger partial charge in [-0.05, 0) is 18.2 Å². The molecule has 0 unspecified atom stereocenters. The van der Waals surface area contributed by atoms with E-state index in [-0.39, 0.29) is 5.57 Å². The monoisotopic (exact) mass is 279 g/mol. The first kappa shape index (κ1) is 15.0. The van der Waals surface area contributed by atoms with Gasteiger partial charge >= 0.3 is 5.97 Å². The zero-order valence-electron chi connectivity index (χ0n) is 10.7. The lowest BCUT2D eigenvalue weighted by Crippen LogP contribution is -2.05. The molecule has 0 aliphatic carbocycles. The van der Waals surface area contributed by atoms with Crippen molar-refractivity contribution in [2.75, 3.05) is 14.2 Å². The van der Waals surface area contributed by atoms with Crippen LogP contribution >= 0.6 is 11.6 Å². The van der Waals surface area contributed by atoms with E-state index in [1.807, 2.05) is 0 Å². The molecule has 4 nitrogen and oxygen atoms in total. The first-order valence-corrected chi connectivity index (χ1v) is 5.79. The molecule has 0 heterocycles. The third-order valence-electron chi connectivity index (χ3n) is 2.43. The molecule has 1 rings (SSSR count). The largest absolute Gasteiger partial charge is 0.496 e. The van der Waals surface area contributed by atoms with Gasteiger partial charge in [0.2, 0.25) is 0 Å². The average molecular weight is 280 g/mol. The number of rotatable bonds is 5. The maximum atomic E-state index is 11.3. The van der Waals surface area contributed by atoms with Gasteiger partial charge < -0.3 is 9.84 Å². The molecular formula is C14H14ClNO3. The molecule has 5 heteroatoms. The molecule has 0 saturated heterocycles. The van der Waals surface area contributed by atoms with Crippen LogP contribution < -0.4 is 4.74 Å². The topological polar surface area (TPSA) is 58.9 Å². The van der Waals surface area contributed by atoms with E-state index in [2.05, 4.69) is 11.6 Å². The van der Waals surface area contributed by atoms with Crippen LogP contribution in [0.2, 0.25) is 5.02 Å². The van der Waals surface area contributed by atoms with Crippen molar-refractivity contribution in [2.45, 2.75) is 0 Å². The van der Waals surface area contributed by atoms with Crippen LogP contribution in [-0.2, 0) is 4.79 Å². The van der Waals surface area contributed by atoms with Crippen molar-refractivity contribution in [3.05, 3.63) is 47.0 Å². The van der Waals surface area contributed by atoms with Gasteiger partial charge in [-0.25, -0.2) is 4.79 Å². The number of halogens is 1. The maximum absolute atomic E-state index is 11.3. The fourth-order valence-electron chi connectivity index (χ4n) is 1.62. The summed E-state index contributed by atoms with van der Waals surface area (Å²) in [6, 6.07) is 4.96. The lowest BCUT2D eigenvalue weighted by atomic mass is 9.99. The van der Waals surface area contributed by atoms with Crippen LogP contribution in [0.1, 0.15) is 5.56 Å². The SMILES string of the molecule is C=C/C(=C(\C=NC)C(=O)O)c1cc(Cl)ccc1OC. The van der Waals surface area contributed by atoms with E-state index in [1.54, 1.807) is 18.2 Å². The molecule has 0 aromatic heterocycles. The molecule has 0 amide bonds. The summed E-state index contributed by atoms with van der Waals surface area (Å²) in [5, 5.41) is 9.71. The zero-order chi connectivity index (χ0) is 14.4. The number of allylic oxidation sites excluding steroid dienone is 2. The maximum Gasteiger partial charge on any atom is 0.337 e. The second-order valence-electron chi connectivity index (χ2n) is 3.57. The van der Waals surface area contributed by atoms with Crippen LogP contribution in [0, 0.1) is 0 Å². The Kier molecular flexibility index (Phi) is 5.33. The van der Waals surface area contributed by atoms with Crippen molar-refractivity contribution in [1.82, 2.24) is 0 Å². The third kappa shape index (κ3) is 3.45. The Balaban J connectivity index is 3.61. The third-order valence-corrected chi connectivity index (χ3v) is 2.67. The Morgan fingerprint density at radius 3 is 2.68 bits per heavy atom. The molecule has 0 aliphatic heterocycles. The van der Waals surface area contributed by atoms with Crippen LogP contribution in [0.25, 0.3) is 5.57 Å². The van der Waals surface area contributed by atoms with E-state index in [0.29, 0.717) is 21.9 Å². The number of methoxy groups -OCH3 is 1. The lowest BCUT2D eigenvalue weighted by molar-refractivity contribution is -0.131. The Bertz CT molecular complexity index is 562. The van der Waals surface area contributed by atoms with Crippen molar-refractivity contribution in [2.24, 2.45) is 4.99 Å². The number of aliphatic carboxylic acids is 1. The predicted octanol–water partition coefficient (Wildman–Crippen LogP) is 3.07. The Morgan fingerprint density at radius 1 is 1.53 bits per heavy atom. The van der Waals surface area contributed by atoms with Crippen LogP contribution in [0.15, 0.2) is 41.4 Å². The van der Waals surface area contributed by atoms with Gasteiger partial charge in [0, 0.05) is 29.4 Å². The summed E-state index contributed by atoms with van der Waals surface area (Å²) < 4.78 is 5.21. The number of nitrogens with zero attached hydrogens (tertiary/aromatic N) is 1. The Labute approximate surface area is 116 Å². The molecule has 1 aromatic carbocycles. The minimum absolute atomic E-state index is 0.0260. The quantitative estimate of drug-likeness (QED) is 0.512. The lowest BCUT2D eigenvalue weighted by Gasteiger charge is -2.11. The first-order valence-electron chi connectivity index (χ1n) is 5.41. The normalized spacial score (nSPS) is 12.2. The van der Waals surface area contributed by atoms with E-state index in [9.17, 15) is 9.90 Å². The molecule has 19 heavy (non-hydrogen) atoms. The van der Waals surface area contributed by atoms with E-state index in [1.165, 1.54) is 26.4 Å². The number of carbonyl (C=O) groups is 1. The molecular weight excluding hydrogens is 266 g/mol. The summed E-state index contributed by atoms with van der Waals surface area (Å²) in [6.07, 6.45) is 2.71. The molecule has 0 bridgehead atoms. The standard InChI is InChI=1S/C14H14ClNO3/c1-4-10(12(8-16-2)14(17)18)11-7-9(15)5-6-13(11)19-3/h4-8H,1H2,2-3H3,(H,17,18)/b12-10-,16-8?. The Hall–Kier alpha value is -2.07. The number of aliphatic imine (C=N–C) groups is 1. The zero-order valence-corrected chi connectivity index (χ0v) is 11.4. The number of benzene rings is 1. The van der Waals surface area contributed by atoms with Gasteiger partial charge in [0.1, 0.15) is 5.75 Å². The summed E-state index contributed by atoms with van der Waals surface area (Å²) in [7, 11) is 3.00. The number of carboxylic acid groups (broad SMARTS) is 1. The van der Waals surface area contributed by atoms with Crippen LogP contribution in [-0.4, -0.2) is 31.4 Å². The molecule has 0 fully saturated rings. The van der Waals surface area contributed by atoms with E-state index in [4.69, 9.17) is 16.3 Å². The van der Waals surface area contributed by atoms with Gasteiger partial charge in [-0.2, -0.15) is 0 Å². The highest BCUT2D eigenvalue weighted by molar-refractivity contribution is 6.31. The summed E-state index contributed by atoms with van der Waals surface area (Å²) in [5.74, 6) is -0.579. The van der Waals surface area contributed by atoms with Gasteiger partial charge in [0.15, 0.2) is 0 Å². The molecule has 100 valence electrons. The minimum atomic E-state index is -1.09. The van der Waals surface area contributed by atoms with Crippen molar-refractivity contribution in [3.8, 4) is 5.75 Å². The number of hydrogen-bond acceptors (Lipinski definition) is 3. The van der Waals surface area contributed by atoms with Gasteiger partial charge in [-0.15, -0.1) is 0 Å². The summed E-state index contributed by atoms with van der Waals surface area (Å²) in [4.78, 5) is 15.0. The van der Waals surface area contributed by atoms with Crippen molar-refractivity contribution < 1.29 is 14.6 Å². The smallest absolute Gasteiger partial charge is 0.337 e. The van der Waals surface area contributed by atoms with Gasteiger partial charge in [0.25, 0.3) is 0 Å². The second-order valence-corrected chi connectivity index (χ2v) is 4.00. The van der Waals surface area contributed by atoms with Gasteiger partial charge in [-0.1, -0.05) is 24.3 Å². The highest BCUT2D eigenvalue weighted by Crippen LogP contribution is 2.31. The average Bonchev–Trinajstić information content (AvgIpc) is 2.38. The molecule has 0 radical (unpaired) electrons. The van der Waals surface area contributed by atoms with E-state index in [0.717, 1.165) is 0 Å². The fourth-order valence-corrected chi connectivity index (χ4v) is 1.80. The van der Waals surface area contributed by atoms with Gasteiger partial charge in [0.05, 0.1) is 12.7 Å². The fraction of sp³-hybridized carbons (Fsp3) is 0.143. The number of carboxylic acids is 1.